The number of nitrogens with one attached hydrogen (secondary N) is 1. The minimum atomic E-state index is 0.150. The molecule has 2 unspecified atom stereocenters. The molecule has 0 radical (unpaired) electrons. The molecule has 4 fully saturated rings. The molecular formula is C18H31NO2. The Morgan fingerprint density at radius 2 is 1.67 bits per heavy atom. The number of ether oxygens (including phenoxy) is 2. The lowest BCUT2D eigenvalue weighted by molar-refractivity contribution is -0.158. The molecule has 1 spiro atoms. The third-order valence-electron chi connectivity index (χ3n) is 6.65. The molecule has 0 aromatic heterocycles. The lowest BCUT2D eigenvalue weighted by Gasteiger charge is -2.50. The summed E-state index contributed by atoms with van der Waals surface area (Å²) in [6.07, 6.45) is 13.3. The van der Waals surface area contributed by atoms with E-state index in [2.05, 4.69) is 5.32 Å². The average molecular weight is 293 g/mol. The zero-order chi connectivity index (χ0) is 14.2. The molecule has 3 saturated heterocycles. The molecule has 0 amide bonds. The van der Waals surface area contributed by atoms with Gasteiger partial charge >= 0.3 is 0 Å². The SMILES string of the molecule is C1CCNC(C2CC2)(C2CCOC3(CCOCC3)C2)CC1. The molecule has 3 aliphatic heterocycles. The Kier molecular flexibility index (Phi) is 4.01. The fourth-order valence-electron chi connectivity index (χ4n) is 5.32. The van der Waals surface area contributed by atoms with Gasteiger partial charge in [0.25, 0.3) is 0 Å². The third kappa shape index (κ3) is 2.77. The first-order valence-corrected chi connectivity index (χ1v) is 9.30. The molecule has 4 rings (SSSR count). The first-order chi connectivity index (χ1) is 10.3. The van der Waals surface area contributed by atoms with Crippen LogP contribution in [0.1, 0.15) is 64.2 Å². The summed E-state index contributed by atoms with van der Waals surface area (Å²) in [5, 5.41) is 4.06. The summed E-state index contributed by atoms with van der Waals surface area (Å²) in [5.74, 6) is 1.78. The minimum Gasteiger partial charge on any atom is -0.381 e. The van der Waals surface area contributed by atoms with Crippen molar-refractivity contribution < 1.29 is 9.47 Å². The van der Waals surface area contributed by atoms with E-state index in [4.69, 9.17) is 9.47 Å². The zero-order valence-corrected chi connectivity index (χ0v) is 13.4. The maximum atomic E-state index is 6.30. The quantitative estimate of drug-likeness (QED) is 0.847. The van der Waals surface area contributed by atoms with Crippen LogP contribution in [0.2, 0.25) is 0 Å². The van der Waals surface area contributed by atoms with Gasteiger partial charge in [0.2, 0.25) is 0 Å². The van der Waals surface area contributed by atoms with Gasteiger partial charge in [-0.25, -0.2) is 0 Å². The van der Waals surface area contributed by atoms with Gasteiger partial charge in [-0.2, -0.15) is 0 Å². The van der Waals surface area contributed by atoms with E-state index in [-0.39, 0.29) is 5.60 Å². The molecule has 0 aromatic rings. The van der Waals surface area contributed by atoms with E-state index >= 15 is 0 Å². The summed E-state index contributed by atoms with van der Waals surface area (Å²) < 4.78 is 11.9. The molecule has 1 aliphatic carbocycles. The Morgan fingerprint density at radius 1 is 0.810 bits per heavy atom. The predicted molar refractivity (Wildman–Crippen MR) is 83.4 cm³/mol. The third-order valence-corrected chi connectivity index (χ3v) is 6.65. The highest BCUT2D eigenvalue weighted by atomic mass is 16.5. The first-order valence-electron chi connectivity index (χ1n) is 9.30. The summed E-state index contributed by atoms with van der Waals surface area (Å²) in [7, 11) is 0. The molecule has 0 aromatic carbocycles. The van der Waals surface area contributed by atoms with Crippen molar-refractivity contribution in [2.75, 3.05) is 26.4 Å². The van der Waals surface area contributed by atoms with Crippen LogP contribution in [0, 0.1) is 11.8 Å². The molecule has 120 valence electrons. The van der Waals surface area contributed by atoms with Crippen LogP contribution in [0.25, 0.3) is 0 Å². The molecule has 3 heterocycles. The van der Waals surface area contributed by atoms with Crippen molar-refractivity contribution in [1.29, 1.82) is 0 Å². The van der Waals surface area contributed by atoms with Crippen molar-refractivity contribution in [2.45, 2.75) is 75.3 Å². The van der Waals surface area contributed by atoms with Gasteiger partial charge in [-0.3, -0.25) is 0 Å². The maximum Gasteiger partial charge on any atom is 0.0729 e. The van der Waals surface area contributed by atoms with E-state index in [1.165, 1.54) is 57.9 Å². The van der Waals surface area contributed by atoms with Crippen molar-refractivity contribution in [3.8, 4) is 0 Å². The van der Waals surface area contributed by atoms with Crippen molar-refractivity contribution in [3.05, 3.63) is 0 Å². The Bertz CT molecular complexity index is 347. The van der Waals surface area contributed by atoms with Crippen LogP contribution in [0.5, 0.6) is 0 Å². The molecule has 4 aliphatic rings. The Morgan fingerprint density at radius 3 is 2.48 bits per heavy atom. The monoisotopic (exact) mass is 293 g/mol. The van der Waals surface area contributed by atoms with Gasteiger partial charge in [0, 0.05) is 25.4 Å². The number of hydrogen-bond donors (Lipinski definition) is 1. The summed E-state index contributed by atoms with van der Waals surface area (Å²) in [4.78, 5) is 0. The highest BCUT2D eigenvalue weighted by molar-refractivity contribution is 5.08. The Balaban J connectivity index is 1.54. The van der Waals surface area contributed by atoms with Crippen LogP contribution in [0.3, 0.4) is 0 Å². The summed E-state index contributed by atoms with van der Waals surface area (Å²) in [6.45, 7) is 4.01. The minimum absolute atomic E-state index is 0.150. The number of rotatable bonds is 2. The largest absolute Gasteiger partial charge is 0.381 e. The van der Waals surface area contributed by atoms with Crippen LogP contribution < -0.4 is 5.32 Å². The summed E-state index contributed by atoms with van der Waals surface area (Å²) in [5.41, 5.74) is 0.600. The Labute approximate surface area is 129 Å². The van der Waals surface area contributed by atoms with E-state index in [0.29, 0.717) is 5.54 Å². The van der Waals surface area contributed by atoms with Gasteiger partial charge in [-0.05, 0) is 69.7 Å². The fourth-order valence-corrected chi connectivity index (χ4v) is 5.32. The standard InChI is InChI=1S/C18H31NO2/c1-2-7-18(15-4-5-15,19-10-3-1)16-6-11-21-17(14-16)8-12-20-13-9-17/h15-16,19H,1-14H2. The lowest BCUT2D eigenvalue weighted by atomic mass is 9.67. The van der Waals surface area contributed by atoms with Crippen molar-refractivity contribution >= 4 is 0 Å². The summed E-state index contributed by atoms with van der Waals surface area (Å²) in [6, 6.07) is 0. The van der Waals surface area contributed by atoms with Crippen molar-refractivity contribution in [1.82, 2.24) is 5.32 Å². The van der Waals surface area contributed by atoms with Gasteiger partial charge in [0.15, 0.2) is 0 Å². The first kappa shape index (κ1) is 14.5. The average Bonchev–Trinajstić information content (AvgIpc) is 3.35. The molecule has 2 atom stereocenters. The van der Waals surface area contributed by atoms with Crippen LogP contribution in [0.4, 0.5) is 0 Å². The predicted octanol–water partition coefficient (Wildman–Crippen LogP) is 3.27. The molecule has 3 nitrogen and oxygen atoms in total. The van der Waals surface area contributed by atoms with Crippen molar-refractivity contribution in [3.63, 3.8) is 0 Å². The second kappa shape index (κ2) is 5.82. The second-order valence-corrected chi connectivity index (χ2v) is 7.89. The summed E-state index contributed by atoms with van der Waals surface area (Å²) >= 11 is 0. The van der Waals surface area contributed by atoms with E-state index in [0.717, 1.165) is 44.5 Å². The molecule has 1 N–H and O–H groups in total. The highest BCUT2D eigenvalue weighted by Gasteiger charge is 2.53. The van der Waals surface area contributed by atoms with E-state index < -0.39 is 0 Å². The van der Waals surface area contributed by atoms with Gasteiger partial charge in [0.05, 0.1) is 5.60 Å². The van der Waals surface area contributed by atoms with Crippen LogP contribution in [-0.4, -0.2) is 37.5 Å². The Hall–Kier alpha value is -0.120. The molecule has 3 heteroatoms. The van der Waals surface area contributed by atoms with Crippen LogP contribution in [-0.2, 0) is 9.47 Å². The van der Waals surface area contributed by atoms with Gasteiger partial charge in [0.1, 0.15) is 0 Å². The van der Waals surface area contributed by atoms with Crippen LogP contribution >= 0.6 is 0 Å². The van der Waals surface area contributed by atoms with Crippen molar-refractivity contribution in [2.24, 2.45) is 11.8 Å². The smallest absolute Gasteiger partial charge is 0.0729 e. The van der Waals surface area contributed by atoms with E-state index in [9.17, 15) is 0 Å². The topological polar surface area (TPSA) is 30.5 Å². The van der Waals surface area contributed by atoms with Gasteiger partial charge in [-0.1, -0.05) is 12.8 Å². The normalized spacial score (nSPS) is 40.9. The number of hydrogen-bond acceptors (Lipinski definition) is 3. The highest BCUT2D eigenvalue weighted by Crippen LogP contribution is 2.52. The van der Waals surface area contributed by atoms with Gasteiger partial charge in [-0.15, -0.1) is 0 Å². The fraction of sp³-hybridized carbons (Fsp3) is 1.00. The van der Waals surface area contributed by atoms with E-state index in [1.807, 2.05) is 0 Å². The lowest BCUT2D eigenvalue weighted by Crippen LogP contribution is -2.58. The molecule has 1 saturated carbocycles. The molecular weight excluding hydrogens is 262 g/mol. The second-order valence-electron chi connectivity index (χ2n) is 7.89. The zero-order valence-electron chi connectivity index (χ0n) is 13.4. The maximum absolute atomic E-state index is 6.30. The van der Waals surface area contributed by atoms with E-state index in [1.54, 1.807) is 0 Å². The van der Waals surface area contributed by atoms with Gasteiger partial charge < -0.3 is 14.8 Å². The molecule has 0 bridgehead atoms. The van der Waals surface area contributed by atoms with Crippen LogP contribution in [0.15, 0.2) is 0 Å². The molecule has 21 heavy (non-hydrogen) atoms.